The van der Waals surface area contributed by atoms with Gasteiger partial charge in [-0.05, 0) is 48.4 Å². The maximum Gasteiger partial charge on any atom is 0.251 e. The highest BCUT2D eigenvalue weighted by Crippen LogP contribution is 2.29. The van der Waals surface area contributed by atoms with Crippen molar-refractivity contribution in [2.75, 3.05) is 19.0 Å². The minimum Gasteiger partial charge on any atom is -0.497 e. The summed E-state index contributed by atoms with van der Waals surface area (Å²) >= 11 is 1.25. The molecule has 0 aliphatic carbocycles. The smallest absolute Gasteiger partial charge is 0.251 e. The van der Waals surface area contributed by atoms with Crippen molar-refractivity contribution >= 4 is 28.3 Å². The first-order chi connectivity index (χ1) is 18.6. The monoisotopic (exact) mass is 530 g/mol. The molecule has 0 saturated carbocycles. The predicted octanol–water partition coefficient (Wildman–Crippen LogP) is 5.37. The molecule has 196 valence electrons. The number of nitrogens with zero attached hydrogens (tertiary/aromatic N) is 2. The van der Waals surface area contributed by atoms with E-state index in [-0.39, 0.29) is 11.8 Å². The fraction of sp³-hybridized carbons (Fsp3) is 0.241. The molecule has 8 nitrogen and oxygen atoms in total. The van der Waals surface area contributed by atoms with Crippen molar-refractivity contribution in [3.63, 3.8) is 0 Å². The van der Waals surface area contributed by atoms with Crippen LogP contribution in [0.1, 0.15) is 35.7 Å². The van der Waals surface area contributed by atoms with Gasteiger partial charge in [0.1, 0.15) is 22.5 Å². The highest BCUT2D eigenvalue weighted by molar-refractivity contribution is 7.18. The minimum absolute atomic E-state index is 0.318. The molecule has 0 aliphatic rings. The quantitative estimate of drug-likeness (QED) is 0.239. The van der Waals surface area contributed by atoms with E-state index in [2.05, 4.69) is 27.8 Å². The third-order valence-corrected chi connectivity index (χ3v) is 6.65. The number of carbonyl (C=O) groups excluding carboxylic acids is 2. The molecule has 4 rings (SSSR count). The van der Waals surface area contributed by atoms with Gasteiger partial charge in [-0.3, -0.25) is 14.9 Å². The molecule has 1 atom stereocenters. The standard InChI is InChI=1S/C29H30N4O4S/c1-3-4-17-37-23-15-13-21(14-16-23)26(34)30-25(18-20-9-6-5-7-10-20)27(35)31-29-33-32-28(38-29)22-11-8-12-24(19-22)36-2/h5-16,19,25H,3-4,17-18H2,1-2H3,(H,30,34)(H,31,33,35). The Hall–Kier alpha value is -4.24. The Morgan fingerprint density at radius 3 is 2.47 bits per heavy atom. The van der Waals surface area contributed by atoms with Gasteiger partial charge >= 0.3 is 0 Å². The molecule has 0 fully saturated rings. The predicted molar refractivity (Wildman–Crippen MR) is 149 cm³/mol. The zero-order valence-electron chi connectivity index (χ0n) is 21.3. The van der Waals surface area contributed by atoms with E-state index in [1.807, 2.05) is 54.6 Å². The summed E-state index contributed by atoms with van der Waals surface area (Å²) in [5, 5.41) is 15.0. The molecule has 38 heavy (non-hydrogen) atoms. The van der Waals surface area contributed by atoms with Crippen LogP contribution in [0.4, 0.5) is 5.13 Å². The summed E-state index contributed by atoms with van der Waals surface area (Å²) in [4.78, 5) is 26.4. The average Bonchev–Trinajstić information content (AvgIpc) is 3.42. The molecule has 9 heteroatoms. The molecular weight excluding hydrogens is 500 g/mol. The number of amides is 2. The van der Waals surface area contributed by atoms with E-state index < -0.39 is 6.04 Å². The molecule has 1 unspecified atom stereocenters. The summed E-state index contributed by atoms with van der Waals surface area (Å²) in [5.41, 5.74) is 2.19. The normalized spacial score (nSPS) is 11.4. The number of ether oxygens (including phenoxy) is 2. The summed E-state index contributed by atoms with van der Waals surface area (Å²) in [7, 11) is 1.60. The molecule has 0 bridgehead atoms. The van der Waals surface area contributed by atoms with E-state index in [4.69, 9.17) is 9.47 Å². The van der Waals surface area contributed by atoms with Crippen LogP contribution in [0.3, 0.4) is 0 Å². The zero-order chi connectivity index (χ0) is 26.7. The van der Waals surface area contributed by atoms with Crippen molar-refractivity contribution in [1.29, 1.82) is 0 Å². The highest BCUT2D eigenvalue weighted by Gasteiger charge is 2.23. The summed E-state index contributed by atoms with van der Waals surface area (Å²) < 4.78 is 11.0. The third-order valence-electron chi connectivity index (χ3n) is 5.76. The zero-order valence-corrected chi connectivity index (χ0v) is 22.2. The largest absolute Gasteiger partial charge is 0.497 e. The molecule has 4 aromatic rings. The lowest BCUT2D eigenvalue weighted by molar-refractivity contribution is -0.118. The van der Waals surface area contributed by atoms with Gasteiger partial charge in [-0.15, -0.1) is 10.2 Å². The van der Waals surface area contributed by atoms with Gasteiger partial charge in [-0.2, -0.15) is 0 Å². The van der Waals surface area contributed by atoms with Crippen molar-refractivity contribution < 1.29 is 19.1 Å². The van der Waals surface area contributed by atoms with Crippen molar-refractivity contribution in [3.05, 3.63) is 90.0 Å². The fourth-order valence-electron chi connectivity index (χ4n) is 3.68. The molecule has 1 heterocycles. The van der Waals surface area contributed by atoms with Crippen LogP contribution >= 0.6 is 11.3 Å². The Labute approximate surface area is 226 Å². The van der Waals surface area contributed by atoms with Crippen molar-refractivity contribution in [3.8, 4) is 22.1 Å². The lowest BCUT2D eigenvalue weighted by atomic mass is 10.0. The topological polar surface area (TPSA) is 102 Å². The van der Waals surface area contributed by atoms with Crippen LogP contribution < -0.4 is 20.1 Å². The Balaban J connectivity index is 1.46. The summed E-state index contributed by atoms with van der Waals surface area (Å²) in [6.45, 7) is 2.73. The van der Waals surface area contributed by atoms with Crippen LogP contribution in [-0.2, 0) is 11.2 Å². The number of benzene rings is 3. The molecule has 3 aromatic carbocycles. The number of hydrogen-bond donors (Lipinski definition) is 2. The van der Waals surface area contributed by atoms with Gasteiger partial charge < -0.3 is 14.8 Å². The lowest BCUT2D eigenvalue weighted by Crippen LogP contribution is -2.45. The average molecular weight is 531 g/mol. The SMILES string of the molecule is CCCCOc1ccc(C(=O)NC(Cc2ccccc2)C(=O)Nc2nnc(-c3cccc(OC)c3)s2)cc1. The maximum atomic E-state index is 13.3. The van der Waals surface area contributed by atoms with E-state index in [1.165, 1.54) is 11.3 Å². The van der Waals surface area contributed by atoms with Crippen LogP contribution in [0.2, 0.25) is 0 Å². The first kappa shape index (κ1) is 26.8. The second-order valence-electron chi connectivity index (χ2n) is 8.58. The number of aromatic nitrogens is 2. The van der Waals surface area contributed by atoms with E-state index in [9.17, 15) is 9.59 Å². The maximum absolute atomic E-state index is 13.3. The van der Waals surface area contributed by atoms with Crippen molar-refractivity contribution in [2.24, 2.45) is 0 Å². The third kappa shape index (κ3) is 7.39. The number of carbonyl (C=O) groups is 2. The second kappa shape index (κ2) is 13.3. The Kier molecular flexibility index (Phi) is 9.42. The highest BCUT2D eigenvalue weighted by atomic mass is 32.1. The summed E-state index contributed by atoms with van der Waals surface area (Å²) in [6, 6.07) is 23.1. The van der Waals surface area contributed by atoms with E-state index in [1.54, 1.807) is 31.4 Å². The Morgan fingerprint density at radius 1 is 0.947 bits per heavy atom. The second-order valence-corrected chi connectivity index (χ2v) is 9.55. The van der Waals surface area contributed by atoms with E-state index in [0.29, 0.717) is 40.2 Å². The number of rotatable bonds is 12. The molecule has 1 aromatic heterocycles. The molecule has 2 amide bonds. The molecule has 0 spiro atoms. The van der Waals surface area contributed by atoms with Gasteiger partial charge in [-0.25, -0.2) is 0 Å². The lowest BCUT2D eigenvalue weighted by Gasteiger charge is -2.18. The number of unbranched alkanes of at least 4 members (excludes halogenated alkanes) is 1. The first-order valence-corrected chi connectivity index (χ1v) is 13.2. The number of hydrogen-bond acceptors (Lipinski definition) is 7. The Morgan fingerprint density at radius 2 is 1.74 bits per heavy atom. The van der Waals surface area contributed by atoms with Crippen LogP contribution in [0.15, 0.2) is 78.9 Å². The number of nitrogens with one attached hydrogen (secondary N) is 2. The van der Waals surface area contributed by atoms with Crippen LogP contribution in [0.25, 0.3) is 10.6 Å². The summed E-state index contributed by atoms with van der Waals surface area (Å²) in [6.07, 6.45) is 2.33. The van der Waals surface area contributed by atoms with Crippen LogP contribution in [0.5, 0.6) is 11.5 Å². The Bertz CT molecular complexity index is 1340. The molecule has 0 aliphatic heterocycles. The van der Waals surface area contributed by atoms with Gasteiger partial charge in [0.2, 0.25) is 11.0 Å². The van der Waals surface area contributed by atoms with Crippen molar-refractivity contribution in [2.45, 2.75) is 32.2 Å². The molecule has 2 N–H and O–H groups in total. The fourth-order valence-corrected chi connectivity index (χ4v) is 4.42. The van der Waals surface area contributed by atoms with Gasteiger partial charge in [0.25, 0.3) is 5.91 Å². The first-order valence-electron chi connectivity index (χ1n) is 12.4. The molecule has 0 radical (unpaired) electrons. The van der Waals surface area contributed by atoms with Gasteiger partial charge in [0.15, 0.2) is 0 Å². The molecule has 0 saturated heterocycles. The van der Waals surface area contributed by atoms with Gasteiger partial charge in [0, 0.05) is 17.5 Å². The van der Waals surface area contributed by atoms with E-state index in [0.717, 1.165) is 24.0 Å². The van der Waals surface area contributed by atoms with Gasteiger partial charge in [0.05, 0.1) is 13.7 Å². The van der Waals surface area contributed by atoms with E-state index >= 15 is 0 Å². The molecular formula is C29H30N4O4S. The number of anilines is 1. The number of methoxy groups -OCH3 is 1. The summed E-state index contributed by atoms with van der Waals surface area (Å²) in [5.74, 6) is 0.678. The van der Waals surface area contributed by atoms with Crippen LogP contribution in [0, 0.1) is 0 Å². The van der Waals surface area contributed by atoms with Gasteiger partial charge in [-0.1, -0.05) is 67.1 Å². The van der Waals surface area contributed by atoms with Crippen molar-refractivity contribution in [1.82, 2.24) is 15.5 Å². The van der Waals surface area contributed by atoms with Crippen LogP contribution in [-0.4, -0.2) is 41.8 Å². The minimum atomic E-state index is -0.824.